The maximum atomic E-state index is 12.4. The van der Waals surface area contributed by atoms with Crippen LogP contribution in [0.4, 0.5) is 15.3 Å². The minimum absolute atomic E-state index is 0.100. The number of aromatic nitrogens is 1. The molecule has 42 heavy (non-hydrogen) atoms. The minimum atomic E-state index is -1.13. The Hall–Kier alpha value is -5.38. The van der Waals surface area contributed by atoms with Crippen molar-refractivity contribution in [2.75, 3.05) is 25.5 Å². The fourth-order valence-corrected chi connectivity index (χ4v) is 4.18. The Morgan fingerprint density at radius 1 is 0.905 bits per heavy atom. The van der Waals surface area contributed by atoms with Crippen molar-refractivity contribution >= 4 is 23.8 Å². The Kier molecular flexibility index (Phi) is 10.5. The van der Waals surface area contributed by atoms with E-state index in [9.17, 15) is 14.4 Å². The number of rotatable bonds is 12. The number of hydrogen-bond donors (Lipinski definition) is 3. The van der Waals surface area contributed by atoms with Gasteiger partial charge in [0.1, 0.15) is 12.3 Å². The van der Waals surface area contributed by atoms with E-state index < -0.39 is 18.6 Å². The van der Waals surface area contributed by atoms with Gasteiger partial charge in [0.2, 0.25) is 0 Å². The van der Waals surface area contributed by atoms with E-state index in [0.717, 1.165) is 16.9 Å². The number of aliphatic carboxylic acids is 1. The maximum absolute atomic E-state index is 12.4. The summed E-state index contributed by atoms with van der Waals surface area (Å²) in [5, 5.41) is 14.4. The summed E-state index contributed by atoms with van der Waals surface area (Å²) in [5.74, 6) is -0.420. The lowest BCUT2D eigenvalue weighted by atomic mass is 9.98. The normalized spacial score (nSPS) is 10.4. The lowest BCUT2D eigenvalue weighted by molar-refractivity contribution is -0.727. The average Bonchev–Trinajstić information content (AvgIpc) is 3.00. The second-order valence-corrected chi connectivity index (χ2v) is 9.47. The highest BCUT2D eigenvalue weighted by Gasteiger charge is 2.15. The van der Waals surface area contributed by atoms with Gasteiger partial charge in [-0.15, -0.1) is 0 Å². The molecule has 10 heteroatoms. The summed E-state index contributed by atoms with van der Waals surface area (Å²) < 4.78 is 12.7. The molecule has 3 N–H and O–H groups in total. The van der Waals surface area contributed by atoms with Crippen molar-refractivity contribution in [3.8, 4) is 16.9 Å². The number of carbonyl (C=O) groups is 3. The number of nitrogens with one attached hydrogen (secondary N) is 2. The first kappa shape index (κ1) is 29.6. The van der Waals surface area contributed by atoms with Crippen LogP contribution in [0.5, 0.6) is 5.75 Å². The molecule has 1 aromatic heterocycles. The second kappa shape index (κ2) is 14.8. The van der Waals surface area contributed by atoms with Gasteiger partial charge >= 0.3 is 18.1 Å². The van der Waals surface area contributed by atoms with Gasteiger partial charge in [0.25, 0.3) is 6.73 Å². The van der Waals surface area contributed by atoms with Crippen molar-refractivity contribution in [2.45, 2.75) is 19.7 Å². The molecule has 0 bridgehead atoms. The van der Waals surface area contributed by atoms with E-state index in [0.29, 0.717) is 18.0 Å². The van der Waals surface area contributed by atoms with Crippen LogP contribution in [0.15, 0.2) is 103 Å². The van der Waals surface area contributed by atoms with Gasteiger partial charge in [0, 0.05) is 30.8 Å². The molecular weight excluding hydrogens is 536 g/mol. The molecule has 0 saturated heterocycles. The maximum Gasteiger partial charge on any atom is 0.414 e. The van der Waals surface area contributed by atoms with E-state index in [2.05, 4.69) is 34.9 Å². The molecule has 0 atom stereocenters. The lowest BCUT2D eigenvalue weighted by Gasteiger charge is -2.13. The molecule has 0 aliphatic carbocycles. The monoisotopic (exact) mass is 569 g/mol. The molecule has 0 saturated carbocycles. The molecule has 0 radical (unpaired) electrons. The number of anilines is 1. The summed E-state index contributed by atoms with van der Waals surface area (Å²) in [5.41, 5.74) is 4.99. The predicted molar refractivity (Wildman–Crippen MR) is 157 cm³/mol. The van der Waals surface area contributed by atoms with Gasteiger partial charge in [-0.3, -0.25) is 4.79 Å². The van der Waals surface area contributed by atoms with Crippen LogP contribution >= 0.6 is 0 Å². The van der Waals surface area contributed by atoms with Crippen LogP contribution in [-0.2, 0) is 29.2 Å². The molecule has 0 unspecified atom stereocenters. The molecule has 0 fully saturated rings. The first-order valence-electron chi connectivity index (χ1n) is 13.4. The third-order valence-corrected chi connectivity index (χ3v) is 6.25. The average molecular weight is 570 g/mol. The van der Waals surface area contributed by atoms with Crippen LogP contribution in [0.3, 0.4) is 0 Å². The number of urea groups is 1. The van der Waals surface area contributed by atoms with Crippen molar-refractivity contribution < 1.29 is 33.5 Å². The molecular formula is C32H33N4O6+. The van der Waals surface area contributed by atoms with Crippen molar-refractivity contribution in [3.05, 3.63) is 115 Å². The Bertz CT molecular complexity index is 1490. The van der Waals surface area contributed by atoms with E-state index in [-0.39, 0.29) is 19.3 Å². The molecule has 3 amide bonds. The summed E-state index contributed by atoms with van der Waals surface area (Å²) in [6.07, 6.45) is 3.42. The Balaban J connectivity index is 1.20. The van der Waals surface area contributed by atoms with E-state index >= 15 is 0 Å². The molecule has 4 rings (SSSR count). The number of benzene rings is 3. The van der Waals surface area contributed by atoms with Crippen LogP contribution in [0.25, 0.3) is 11.1 Å². The Labute approximate surface area is 244 Å². The number of carbonyl (C=O) groups excluding carboxylic acids is 2. The van der Waals surface area contributed by atoms with Crippen LogP contribution in [0.1, 0.15) is 11.1 Å². The fourth-order valence-electron chi connectivity index (χ4n) is 4.18. The highest BCUT2D eigenvalue weighted by atomic mass is 16.6. The van der Waals surface area contributed by atoms with Gasteiger partial charge < -0.3 is 30.1 Å². The number of pyridine rings is 1. The number of ether oxygens (including phenoxy) is 2. The predicted octanol–water partition coefficient (Wildman–Crippen LogP) is 4.69. The third-order valence-electron chi connectivity index (χ3n) is 6.25. The number of hydrogen-bond acceptors (Lipinski definition) is 5. The topological polar surface area (TPSA) is 121 Å². The molecule has 3 aromatic carbocycles. The van der Waals surface area contributed by atoms with Gasteiger partial charge in [-0.2, -0.15) is 4.57 Å². The van der Waals surface area contributed by atoms with E-state index in [1.807, 2.05) is 48.5 Å². The minimum Gasteiger partial charge on any atom is -0.493 e. The summed E-state index contributed by atoms with van der Waals surface area (Å²) in [6.45, 7) is 0.205. The van der Waals surface area contributed by atoms with Gasteiger partial charge in [0.15, 0.2) is 12.4 Å². The molecule has 1 heterocycles. The lowest BCUT2D eigenvalue weighted by Crippen LogP contribution is -2.40. The van der Waals surface area contributed by atoms with Crippen molar-refractivity contribution in [1.82, 2.24) is 10.2 Å². The largest absolute Gasteiger partial charge is 0.493 e. The van der Waals surface area contributed by atoms with Crippen molar-refractivity contribution in [1.29, 1.82) is 0 Å². The first-order chi connectivity index (χ1) is 20.4. The van der Waals surface area contributed by atoms with Gasteiger partial charge in [-0.1, -0.05) is 54.6 Å². The Morgan fingerprint density at radius 3 is 2.40 bits per heavy atom. The quantitative estimate of drug-likeness (QED) is 0.213. The van der Waals surface area contributed by atoms with E-state index in [4.69, 9.17) is 14.6 Å². The summed E-state index contributed by atoms with van der Waals surface area (Å²) >= 11 is 0. The molecule has 4 aromatic rings. The zero-order valence-electron chi connectivity index (χ0n) is 23.2. The zero-order chi connectivity index (χ0) is 29.7. The highest BCUT2D eigenvalue weighted by molar-refractivity contribution is 5.89. The molecule has 0 aliphatic rings. The number of likely N-dealkylation sites (N-methyl/N-ethyl adjacent to an activating group) is 1. The van der Waals surface area contributed by atoms with Crippen LogP contribution < -0.4 is 19.9 Å². The smallest absolute Gasteiger partial charge is 0.414 e. The van der Waals surface area contributed by atoms with Crippen molar-refractivity contribution in [2.24, 2.45) is 0 Å². The van der Waals surface area contributed by atoms with Crippen LogP contribution in [-0.4, -0.2) is 48.3 Å². The number of nitrogens with zero attached hydrogens (tertiary/aromatic N) is 2. The summed E-state index contributed by atoms with van der Waals surface area (Å²) in [6, 6.07) is 29.0. The Morgan fingerprint density at radius 2 is 1.64 bits per heavy atom. The zero-order valence-corrected chi connectivity index (χ0v) is 23.2. The van der Waals surface area contributed by atoms with Gasteiger partial charge in [0.05, 0.1) is 13.2 Å². The van der Waals surface area contributed by atoms with Crippen LogP contribution in [0, 0.1) is 0 Å². The molecule has 10 nitrogen and oxygen atoms in total. The number of carboxylic acids is 1. The SMILES string of the molecule is CN(CC(=O)O)C(=O)OC[n+]1cccc(CNC(=O)Nc2ccc(OCCc3ccccc3-c3ccccc3)cc2)c1. The summed E-state index contributed by atoms with van der Waals surface area (Å²) in [4.78, 5) is 36.0. The van der Waals surface area contributed by atoms with Crippen LogP contribution in [0.2, 0.25) is 0 Å². The first-order valence-corrected chi connectivity index (χ1v) is 13.4. The van der Waals surface area contributed by atoms with Crippen molar-refractivity contribution in [3.63, 3.8) is 0 Å². The van der Waals surface area contributed by atoms with E-state index in [1.165, 1.54) is 23.7 Å². The standard InChI is InChI=1S/C32H32N4O6/c1-35(22-30(37)38)32(40)42-23-36-18-7-8-24(21-36)20-33-31(39)34-27-13-15-28(16-14-27)41-19-17-26-11-5-6-12-29(26)25-9-3-2-4-10-25/h2-16,18,21H,17,19-20,22-23H2,1H3,(H2-,33,34,37,38,39)/p+1. The third kappa shape index (κ3) is 9.09. The van der Waals surface area contributed by atoms with Gasteiger partial charge in [-0.25, -0.2) is 9.59 Å². The second-order valence-electron chi connectivity index (χ2n) is 9.47. The summed E-state index contributed by atoms with van der Waals surface area (Å²) in [7, 11) is 1.34. The molecule has 0 spiro atoms. The van der Waals surface area contributed by atoms with E-state index in [1.54, 1.807) is 35.2 Å². The number of carboxylic acid groups (broad SMARTS) is 1. The molecule has 0 aliphatic heterocycles. The van der Waals surface area contributed by atoms with Gasteiger partial charge in [-0.05, 0) is 47.0 Å². The number of amides is 3. The fraction of sp³-hybridized carbons (Fsp3) is 0.188. The highest BCUT2D eigenvalue weighted by Crippen LogP contribution is 2.24. The molecule has 216 valence electrons.